The number of hydrogen-bond acceptors (Lipinski definition) is 4. The Hall–Kier alpha value is -1.66. The van der Waals surface area contributed by atoms with Crippen molar-refractivity contribution in [3.8, 4) is 0 Å². The van der Waals surface area contributed by atoms with Crippen molar-refractivity contribution >= 4 is 24.2 Å². The summed E-state index contributed by atoms with van der Waals surface area (Å²) in [6.07, 6.45) is 7.03. The molecule has 2 aliphatic heterocycles. The van der Waals surface area contributed by atoms with Crippen molar-refractivity contribution in [1.29, 1.82) is 0 Å². The number of pyridine rings is 1. The molecular formula is C22H35ClN4O2. The van der Waals surface area contributed by atoms with Gasteiger partial charge in [0.05, 0.1) is 18.2 Å². The lowest BCUT2D eigenvalue weighted by Crippen LogP contribution is -2.44. The summed E-state index contributed by atoms with van der Waals surface area (Å²) in [5.74, 6) is 0.0275. The van der Waals surface area contributed by atoms with Gasteiger partial charge in [0.2, 0.25) is 11.8 Å². The number of carbonyl (C=O) groups excluding carboxylic acids is 2. The fourth-order valence-electron chi connectivity index (χ4n) is 4.58. The normalized spacial score (nSPS) is 22.3. The van der Waals surface area contributed by atoms with Gasteiger partial charge in [0.15, 0.2) is 0 Å². The summed E-state index contributed by atoms with van der Waals surface area (Å²) >= 11 is 0. The van der Waals surface area contributed by atoms with Crippen LogP contribution >= 0.6 is 12.4 Å². The van der Waals surface area contributed by atoms with E-state index in [0.717, 1.165) is 50.9 Å². The maximum Gasteiger partial charge on any atom is 0.228 e. The van der Waals surface area contributed by atoms with E-state index in [2.05, 4.69) is 24.1 Å². The summed E-state index contributed by atoms with van der Waals surface area (Å²) in [5.41, 5.74) is 0.911. The van der Waals surface area contributed by atoms with E-state index in [1.54, 1.807) is 6.20 Å². The predicted molar refractivity (Wildman–Crippen MR) is 117 cm³/mol. The average Bonchev–Trinajstić information content (AvgIpc) is 2.93. The lowest BCUT2D eigenvalue weighted by atomic mass is 10.0. The van der Waals surface area contributed by atoms with E-state index >= 15 is 0 Å². The molecule has 0 saturated carbocycles. The Balaban J connectivity index is 0.00000300. The van der Waals surface area contributed by atoms with Crippen LogP contribution in [-0.2, 0) is 16.1 Å². The maximum absolute atomic E-state index is 13.6. The molecule has 3 heterocycles. The number of rotatable bonds is 7. The topological polar surface area (TPSA) is 65.5 Å². The summed E-state index contributed by atoms with van der Waals surface area (Å²) in [6, 6.07) is 6.30. The van der Waals surface area contributed by atoms with Gasteiger partial charge in [-0.2, -0.15) is 0 Å². The van der Waals surface area contributed by atoms with Gasteiger partial charge in [-0.15, -0.1) is 12.4 Å². The van der Waals surface area contributed by atoms with E-state index in [1.807, 2.05) is 28.0 Å². The van der Waals surface area contributed by atoms with E-state index in [9.17, 15) is 9.59 Å². The molecule has 2 aliphatic rings. The number of nitrogens with zero attached hydrogens (tertiary/aromatic N) is 3. The monoisotopic (exact) mass is 422 g/mol. The number of amides is 2. The standard InChI is InChI=1S/C22H34N4O2.ClH/c1-3-19(4-2)25-15-17(14-21(25)27)22(28)26(16-18-8-5-6-12-24-18)20-9-7-11-23-13-10-20;/h5-6,8,12,17,19-20,23H,3-4,7,9-11,13-16H2,1-2H3;1H. The zero-order chi connectivity index (χ0) is 19.9. The lowest BCUT2D eigenvalue weighted by Gasteiger charge is -2.33. The minimum Gasteiger partial charge on any atom is -0.339 e. The molecule has 0 aliphatic carbocycles. The highest BCUT2D eigenvalue weighted by Crippen LogP contribution is 2.27. The molecule has 2 unspecified atom stereocenters. The first-order valence-electron chi connectivity index (χ1n) is 10.8. The Morgan fingerprint density at radius 3 is 2.76 bits per heavy atom. The van der Waals surface area contributed by atoms with Crippen LogP contribution < -0.4 is 5.32 Å². The third kappa shape index (κ3) is 5.92. The summed E-state index contributed by atoms with van der Waals surface area (Å²) in [6.45, 7) is 7.26. The fourth-order valence-corrected chi connectivity index (χ4v) is 4.58. The molecule has 0 radical (unpaired) electrons. The van der Waals surface area contributed by atoms with E-state index in [-0.39, 0.29) is 42.2 Å². The van der Waals surface area contributed by atoms with Crippen LogP contribution in [0.5, 0.6) is 0 Å². The molecule has 3 rings (SSSR count). The molecule has 0 aromatic carbocycles. The van der Waals surface area contributed by atoms with Gasteiger partial charge in [-0.05, 0) is 57.3 Å². The van der Waals surface area contributed by atoms with Crippen molar-refractivity contribution in [3.63, 3.8) is 0 Å². The summed E-state index contributed by atoms with van der Waals surface area (Å²) in [4.78, 5) is 34.5. The van der Waals surface area contributed by atoms with E-state index in [0.29, 0.717) is 19.5 Å². The number of aromatic nitrogens is 1. The number of hydrogen-bond donors (Lipinski definition) is 1. The zero-order valence-corrected chi connectivity index (χ0v) is 18.5. The maximum atomic E-state index is 13.6. The molecule has 6 nitrogen and oxygen atoms in total. The zero-order valence-electron chi connectivity index (χ0n) is 17.7. The van der Waals surface area contributed by atoms with Crippen molar-refractivity contribution in [2.24, 2.45) is 5.92 Å². The Labute approximate surface area is 180 Å². The van der Waals surface area contributed by atoms with Crippen molar-refractivity contribution in [2.45, 2.75) is 71.0 Å². The van der Waals surface area contributed by atoms with Crippen molar-refractivity contribution in [1.82, 2.24) is 20.1 Å². The van der Waals surface area contributed by atoms with E-state index < -0.39 is 0 Å². The van der Waals surface area contributed by atoms with Gasteiger partial charge in [0.25, 0.3) is 0 Å². The Kier molecular flexibility index (Phi) is 9.37. The molecule has 1 N–H and O–H groups in total. The van der Waals surface area contributed by atoms with Crippen LogP contribution in [-0.4, -0.2) is 58.3 Å². The van der Waals surface area contributed by atoms with Gasteiger partial charge in [0, 0.05) is 31.2 Å². The van der Waals surface area contributed by atoms with Crippen LogP contribution in [0.2, 0.25) is 0 Å². The molecule has 2 fully saturated rings. The van der Waals surface area contributed by atoms with Gasteiger partial charge >= 0.3 is 0 Å². The Morgan fingerprint density at radius 1 is 1.28 bits per heavy atom. The molecule has 2 atom stereocenters. The largest absolute Gasteiger partial charge is 0.339 e. The molecule has 0 spiro atoms. The van der Waals surface area contributed by atoms with Crippen molar-refractivity contribution < 1.29 is 9.59 Å². The van der Waals surface area contributed by atoms with Crippen LogP contribution in [0, 0.1) is 5.92 Å². The Morgan fingerprint density at radius 2 is 2.07 bits per heavy atom. The first-order chi connectivity index (χ1) is 13.6. The minimum atomic E-state index is -0.229. The van der Waals surface area contributed by atoms with Crippen LogP contribution in [0.15, 0.2) is 24.4 Å². The number of likely N-dealkylation sites (tertiary alicyclic amines) is 1. The van der Waals surface area contributed by atoms with Gasteiger partial charge in [-0.3, -0.25) is 14.6 Å². The Bertz CT molecular complexity index is 645. The highest BCUT2D eigenvalue weighted by molar-refractivity contribution is 5.89. The first-order valence-corrected chi connectivity index (χ1v) is 10.8. The SMILES string of the molecule is CCC(CC)N1CC(C(=O)N(Cc2ccccn2)C2CCCNCC2)CC1=O.Cl. The molecule has 0 bridgehead atoms. The summed E-state index contributed by atoms with van der Waals surface area (Å²) in [7, 11) is 0. The van der Waals surface area contributed by atoms with Crippen molar-refractivity contribution in [2.75, 3.05) is 19.6 Å². The fraction of sp³-hybridized carbons (Fsp3) is 0.682. The van der Waals surface area contributed by atoms with E-state index in [1.165, 1.54) is 0 Å². The van der Waals surface area contributed by atoms with Crippen LogP contribution in [0.3, 0.4) is 0 Å². The van der Waals surface area contributed by atoms with Gasteiger partial charge < -0.3 is 15.1 Å². The molecular weight excluding hydrogens is 388 g/mol. The molecule has 162 valence electrons. The lowest BCUT2D eigenvalue weighted by molar-refractivity contribution is -0.139. The third-order valence-corrected chi connectivity index (χ3v) is 6.22. The highest BCUT2D eigenvalue weighted by atomic mass is 35.5. The number of carbonyl (C=O) groups is 2. The second-order valence-corrected chi connectivity index (χ2v) is 8.04. The predicted octanol–water partition coefficient (Wildman–Crippen LogP) is 3.01. The molecule has 1 aromatic heterocycles. The van der Waals surface area contributed by atoms with Gasteiger partial charge in [-0.1, -0.05) is 19.9 Å². The average molecular weight is 423 g/mol. The molecule has 2 amide bonds. The number of nitrogens with one attached hydrogen (secondary N) is 1. The first kappa shape index (κ1) is 23.6. The minimum absolute atomic E-state index is 0. The van der Waals surface area contributed by atoms with Crippen molar-refractivity contribution in [3.05, 3.63) is 30.1 Å². The molecule has 29 heavy (non-hydrogen) atoms. The molecule has 7 heteroatoms. The quantitative estimate of drug-likeness (QED) is 0.733. The third-order valence-electron chi connectivity index (χ3n) is 6.22. The second-order valence-electron chi connectivity index (χ2n) is 8.04. The molecule has 1 aromatic rings. The van der Waals surface area contributed by atoms with Crippen LogP contribution in [0.4, 0.5) is 0 Å². The van der Waals surface area contributed by atoms with Gasteiger partial charge in [-0.25, -0.2) is 0 Å². The van der Waals surface area contributed by atoms with Gasteiger partial charge in [0.1, 0.15) is 0 Å². The molecule has 2 saturated heterocycles. The second kappa shape index (κ2) is 11.5. The summed E-state index contributed by atoms with van der Waals surface area (Å²) < 4.78 is 0. The highest BCUT2D eigenvalue weighted by Gasteiger charge is 2.40. The number of halogens is 1. The van der Waals surface area contributed by atoms with Crippen LogP contribution in [0.1, 0.15) is 58.1 Å². The smallest absolute Gasteiger partial charge is 0.228 e. The summed E-state index contributed by atoms with van der Waals surface area (Å²) in [5, 5.41) is 3.43. The van der Waals surface area contributed by atoms with E-state index in [4.69, 9.17) is 0 Å². The van der Waals surface area contributed by atoms with Crippen LogP contribution in [0.25, 0.3) is 0 Å².